The standard InChI is InChI=1S/C57H53N3O/c1-36(2)41-30-42(32-43(31-41)50-28-26-39-22-15-16-24-49(39)58-50)45-23-17-25-52-53(45)59-55(47-34-44(56(3,4)5)35-48(54(47)61)57(6,7)8)60(52)51-29-27-40(37-18-11-9-12-19-37)33-46(51)38-20-13-10-14-21-38/h9-36,61H,1-8H3. The van der Waals surface area contributed by atoms with Crippen LogP contribution < -0.4 is 0 Å². The average Bonchev–Trinajstić information content (AvgIpc) is 3.65. The fourth-order valence-electron chi connectivity index (χ4n) is 8.47. The summed E-state index contributed by atoms with van der Waals surface area (Å²) in [5, 5.41) is 13.6. The molecular weight excluding hydrogens is 743 g/mol. The molecule has 302 valence electrons. The molecule has 2 heterocycles. The second-order valence-corrected chi connectivity index (χ2v) is 18.7. The minimum absolute atomic E-state index is 0.179. The molecule has 1 N–H and O–H groups in total. The van der Waals surface area contributed by atoms with Crippen molar-refractivity contribution in [1.29, 1.82) is 0 Å². The lowest BCUT2D eigenvalue weighted by Gasteiger charge is -2.27. The van der Waals surface area contributed by atoms with E-state index in [-0.39, 0.29) is 22.5 Å². The van der Waals surface area contributed by atoms with Gasteiger partial charge in [0.25, 0.3) is 0 Å². The number of hydrogen-bond acceptors (Lipinski definition) is 3. The maximum atomic E-state index is 12.5. The number of nitrogens with zero attached hydrogens (tertiary/aromatic N) is 3. The van der Waals surface area contributed by atoms with Crippen LogP contribution in [0.2, 0.25) is 0 Å². The first-order valence-electron chi connectivity index (χ1n) is 21.4. The fourth-order valence-corrected chi connectivity index (χ4v) is 8.47. The zero-order chi connectivity index (χ0) is 42.6. The summed E-state index contributed by atoms with van der Waals surface area (Å²) in [6.07, 6.45) is 0. The van der Waals surface area contributed by atoms with E-state index in [2.05, 4.69) is 218 Å². The third-order valence-electron chi connectivity index (χ3n) is 12.0. The van der Waals surface area contributed by atoms with Gasteiger partial charge in [0.1, 0.15) is 11.6 Å². The molecule has 0 saturated carbocycles. The van der Waals surface area contributed by atoms with Crippen molar-refractivity contribution in [3.8, 4) is 67.5 Å². The molecule has 0 fully saturated rings. The monoisotopic (exact) mass is 795 g/mol. The van der Waals surface area contributed by atoms with E-state index in [9.17, 15) is 5.11 Å². The molecule has 0 aliphatic rings. The van der Waals surface area contributed by atoms with Crippen LogP contribution in [0, 0.1) is 0 Å². The van der Waals surface area contributed by atoms with Crippen molar-refractivity contribution in [1.82, 2.24) is 14.5 Å². The van der Waals surface area contributed by atoms with Crippen LogP contribution in [0.25, 0.3) is 83.6 Å². The Kier molecular flexibility index (Phi) is 9.99. The summed E-state index contributed by atoms with van der Waals surface area (Å²) in [4.78, 5) is 10.8. The predicted octanol–water partition coefficient (Wildman–Crippen LogP) is 15.3. The lowest BCUT2D eigenvalue weighted by atomic mass is 9.79. The second-order valence-electron chi connectivity index (χ2n) is 18.7. The van der Waals surface area contributed by atoms with Gasteiger partial charge in [0.05, 0.1) is 33.5 Å². The second kappa shape index (κ2) is 15.4. The predicted molar refractivity (Wildman–Crippen MR) is 257 cm³/mol. The Labute approximate surface area is 360 Å². The first kappa shape index (κ1) is 39.7. The highest BCUT2D eigenvalue weighted by molar-refractivity contribution is 5.98. The summed E-state index contributed by atoms with van der Waals surface area (Å²) < 4.78 is 2.28. The van der Waals surface area contributed by atoms with E-state index in [0.29, 0.717) is 11.4 Å². The maximum Gasteiger partial charge on any atom is 0.149 e. The van der Waals surface area contributed by atoms with Crippen LogP contribution in [0.15, 0.2) is 164 Å². The molecule has 0 aliphatic carbocycles. The Morgan fingerprint density at radius 2 is 1.20 bits per heavy atom. The van der Waals surface area contributed by atoms with Crippen molar-refractivity contribution < 1.29 is 5.11 Å². The van der Waals surface area contributed by atoms with Crippen LogP contribution in [0.3, 0.4) is 0 Å². The highest BCUT2D eigenvalue weighted by Crippen LogP contribution is 2.46. The van der Waals surface area contributed by atoms with Crippen molar-refractivity contribution in [2.45, 2.75) is 72.1 Å². The lowest BCUT2D eigenvalue weighted by molar-refractivity contribution is 0.446. The van der Waals surface area contributed by atoms with Crippen LogP contribution in [-0.4, -0.2) is 19.6 Å². The van der Waals surface area contributed by atoms with Gasteiger partial charge >= 0.3 is 0 Å². The van der Waals surface area contributed by atoms with Gasteiger partial charge in [-0.15, -0.1) is 0 Å². The van der Waals surface area contributed by atoms with Gasteiger partial charge in [-0.1, -0.05) is 171 Å². The van der Waals surface area contributed by atoms with Crippen molar-refractivity contribution in [3.63, 3.8) is 0 Å². The van der Waals surface area contributed by atoms with Crippen molar-refractivity contribution in [2.24, 2.45) is 0 Å². The van der Waals surface area contributed by atoms with Gasteiger partial charge in [-0.05, 0) is 98.7 Å². The number of phenols is 1. The molecule has 0 saturated heterocycles. The molecular formula is C57H53N3O. The topological polar surface area (TPSA) is 50.9 Å². The smallest absolute Gasteiger partial charge is 0.149 e. The molecule has 2 aromatic heterocycles. The molecule has 0 bridgehead atoms. The minimum Gasteiger partial charge on any atom is -0.507 e. The van der Waals surface area contributed by atoms with Crippen molar-refractivity contribution in [3.05, 3.63) is 180 Å². The Morgan fingerprint density at radius 3 is 1.90 bits per heavy atom. The molecule has 0 aliphatic heterocycles. The number of imidazole rings is 1. The summed E-state index contributed by atoms with van der Waals surface area (Å²) in [7, 11) is 0. The number of para-hydroxylation sites is 2. The summed E-state index contributed by atoms with van der Waals surface area (Å²) in [5.41, 5.74) is 15.8. The highest BCUT2D eigenvalue weighted by atomic mass is 16.3. The number of aromatic hydroxyl groups is 1. The van der Waals surface area contributed by atoms with Gasteiger partial charge in [-0.25, -0.2) is 9.97 Å². The van der Waals surface area contributed by atoms with E-state index in [4.69, 9.17) is 9.97 Å². The van der Waals surface area contributed by atoms with Gasteiger partial charge in [0.2, 0.25) is 0 Å². The zero-order valence-electron chi connectivity index (χ0n) is 36.5. The molecule has 0 spiro atoms. The van der Waals surface area contributed by atoms with E-state index < -0.39 is 0 Å². The molecule has 0 unspecified atom stereocenters. The molecule has 61 heavy (non-hydrogen) atoms. The molecule has 0 radical (unpaired) electrons. The minimum atomic E-state index is -0.320. The Morgan fingerprint density at radius 1 is 0.508 bits per heavy atom. The number of hydrogen-bond donors (Lipinski definition) is 1. The molecule has 4 heteroatoms. The first-order valence-corrected chi connectivity index (χ1v) is 21.4. The molecule has 0 amide bonds. The van der Waals surface area contributed by atoms with Crippen LogP contribution in [0.4, 0.5) is 0 Å². The summed E-state index contributed by atoms with van der Waals surface area (Å²) in [5.74, 6) is 1.24. The van der Waals surface area contributed by atoms with Crippen LogP contribution in [0.5, 0.6) is 5.75 Å². The maximum absolute atomic E-state index is 12.5. The van der Waals surface area contributed by atoms with Crippen LogP contribution in [-0.2, 0) is 10.8 Å². The summed E-state index contributed by atoms with van der Waals surface area (Å²) in [6.45, 7) is 17.7. The van der Waals surface area contributed by atoms with Crippen LogP contribution >= 0.6 is 0 Å². The molecule has 9 aromatic rings. The van der Waals surface area contributed by atoms with E-state index in [1.807, 2.05) is 6.07 Å². The number of fused-ring (bicyclic) bond motifs is 2. The number of benzene rings is 7. The quantitative estimate of drug-likeness (QED) is 0.175. The average molecular weight is 796 g/mol. The first-order chi connectivity index (χ1) is 29.2. The number of aromatic nitrogens is 3. The highest BCUT2D eigenvalue weighted by Gasteiger charge is 2.29. The third kappa shape index (κ3) is 7.52. The van der Waals surface area contributed by atoms with Gasteiger partial charge < -0.3 is 5.11 Å². The Bertz CT molecular complexity index is 3070. The van der Waals surface area contributed by atoms with Crippen LogP contribution in [0.1, 0.15) is 78.0 Å². The van der Waals surface area contributed by atoms with E-state index in [1.54, 1.807) is 0 Å². The number of rotatable bonds is 7. The van der Waals surface area contributed by atoms with Gasteiger partial charge in [0, 0.05) is 27.6 Å². The fraction of sp³-hybridized carbons (Fsp3) is 0.193. The zero-order valence-corrected chi connectivity index (χ0v) is 36.5. The van der Waals surface area contributed by atoms with Crippen molar-refractivity contribution in [2.75, 3.05) is 0 Å². The molecule has 0 atom stereocenters. The Hall–Kier alpha value is -6.78. The van der Waals surface area contributed by atoms with E-state index >= 15 is 0 Å². The number of phenolic OH excluding ortho intramolecular Hbond substituents is 1. The van der Waals surface area contributed by atoms with Gasteiger partial charge in [0.15, 0.2) is 0 Å². The third-order valence-corrected chi connectivity index (χ3v) is 12.0. The normalized spacial score (nSPS) is 12.1. The lowest BCUT2D eigenvalue weighted by Crippen LogP contribution is -2.17. The molecule has 4 nitrogen and oxygen atoms in total. The van der Waals surface area contributed by atoms with Crippen molar-refractivity contribution >= 4 is 21.9 Å². The summed E-state index contributed by atoms with van der Waals surface area (Å²) >= 11 is 0. The van der Waals surface area contributed by atoms with Gasteiger partial charge in [-0.2, -0.15) is 0 Å². The summed E-state index contributed by atoms with van der Waals surface area (Å²) in [6, 6.07) is 58.1. The molecule has 9 rings (SSSR count). The largest absolute Gasteiger partial charge is 0.507 e. The van der Waals surface area contributed by atoms with E-state index in [0.717, 1.165) is 83.4 Å². The number of pyridine rings is 1. The molecule has 7 aromatic carbocycles. The SMILES string of the molecule is CC(C)c1cc(-c2ccc3ccccc3n2)cc(-c2cccc3c2nc(-c2cc(C(C)(C)C)cc(C(C)(C)C)c2O)n3-c2ccc(-c3ccccc3)cc2-c2ccccc2)c1. The van der Waals surface area contributed by atoms with E-state index in [1.165, 1.54) is 5.56 Å². The Balaban J connectivity index is 1.37. The van der Waals surface area contributed by atoms with Gasteiger partial charge in [-0.3, -0.25) is 4.57 Å².